The summed E-state index contributed by atoms with van der Waals surface area (Å²) in [4.78, 5) is 37.2. The summed E-state index contributed by atoms with van der Waals surface area (Å²) < 4.78 is 0. The van der Waals surface area contributed by atoms with Crippen LogP contribution < -0.4 is 10.6 Å². The Kier molecular flexibility index (Phi) is 2.96. The first-order chi connectivity index (χ1) is 9.91. The van der Waals surface area contributed by atoms with Crippen molar-refractivity contribution >= 4 is 23.7 Å². The highest BCUT2D eigenvalue weighted by Crippen LogP contribution is 2.42. The highest BCUT2D eigenvalue weighted by Gasteiger charge is 2.56. The third kappa shape index (κ3) is 2.26. The molecule has 0 radical (unpaired) electrons. The minimum atomic E-state index is -0.860. The number of anilines is 1. The van der Waals surface area contributed by atoms with Crippen molar-refractivity contribution in [3.63, 3.8) is 0 Å². The molecule has 1 saturated carbocycles. The van der Waals surface area contributed by atoms with E-state index in [0.29, 0.717) is 5.82 Å². The van der Waals surface area contributed by atoms with Gasteiger partial charge < -0.3 is 10.6 Å². The molecule has 1 aromatic heterocycles. The van der Waals surface area contributed by atoms with E-state index < -0.39 is 17.5 Å². The molecule has 1 aromatic rings. The zero-order valence-electron chi connectivity index (χ0n) is 11.9. The summed E-state index contributed by atoms with van der Waals surface area (Å²) in [6, 6.07) is -0.508. The normalized spacial score (nSPS) is 25.1. The van der Waals surface area contributed by atoms with Gasteiger partial charge in [0.2, 0.25) is 5.91 Å². The summed E-state index contributed by atoms with van der Waals surface area (Å²) in [6.45, 7) is 3.21. The van der Waals surface area contributed by atoms with Crippen LogP contribution in [0.5, 0.6) is 0 Å². The van der Waals surface area contributed by atoms with Gasteiger partial charge >= 0.3 is 6.03 Å². The summed E-state index contributed by atoms with van der Waals surface area (Å²) >= 11 is 0. The van der Waals surface area contributed by atoms with E-state index in [1.807, 2.05) is 0 Å². The average molecular weight is 291 g/mol. The molecule has 8 heteroatoms. The Bertz CT molecular complexity index is 621. The zero-order valence-corrected chi connectivity index (χ0v) is 11.9. The molecule has 0 bridgehead atoms. The molecule has 2 heterocycles. The Morgan fingerprint density at radius 2 is 2.24 bits per heavy atom. The molecule has 3 N–H and O–H groups in total. The topological polar surface area (TPSA) is 107 Å². The Morgan fingerprint density at radius 1 is 1.52 bits per heavy atom. The van der Waals surface area contributed by atoms with E-state index in [9.17, 15) is 14.4 Å². The van der Waals surface area contributed by atoms with Crippen LogP contribution in [-0.4, -0.2) is 45.0 Å². The van der Waals surface area contributed by atoms with Crippen LogP contribution in [0.15, 0.2) is 6.20 Å². The first-order valence-electron chi connectivity index (χ1n) is 6.86. The van der Waals surface area contributed by atoms with Crippen molar-refractivity contribution in [2.75, 3.05) is 11.9 Å². The smallest absolute Gasteiger partial charge is 0.323 e. The van der Waals surface area contributed by atoms with Crippen LogP contribution in [0.25, 0.3) is 0 Å². The molecule has 2 fully saturated rings. The van der Waals surface area contributed by atoms with Crippen LogP contribution in [0.3, 0.4) is 0 Å². The van der Waals surface area contributed by atoms with E-state index >= 15 is 0 Å². The SMILES string of the molecule is Cc1cn[nH]c1NC(=O)CN1C(=O)NC(C)(C2CC2)C1=O. The van der Waals surface area contributed by atoms with Crippen molar-refractivity contribution in [2.24, 2.45) is 5.92 Å². The Morgan fingerprint density at radius 3 is 2.81 bits per heavy atom. The quantitative estimate of drug-likeness (QED) is 0.697. The van der Waals surface area contributed by atoms with E-state index in [0.717, 1.165) is 23.3 Å². The first kappa shape index (κ1) is 13.6. The van der Waals surface area contributed by atoms with Crippen molar-refractivity contribution in [3.8, 4) is 0 Å². The predicted molar refractivity (Wildman–Crippen MR) is 73.3 cm³/mol. The van der Waals surface area contributed by atoms with Gasteiger partial charge in [0.25, 0.3) is 5.91 Å². The number of nitrogens with one attached hydrogen (secondary N) is 3. The number of hydrogen-bond acceptors (Lipinski definition) is 4. The highest BCUT2D eigenvalue weighted by atomic mass is 16.2. The van der Waals surface area contributed by atoms with E-state index in [4.69, 9.17) is 0 Å². The summed E-state index contributed by atoms with van der Waals surface area (Å²) in [5, 5.41) is 11.7. The lowest BCUT2D eigenvalue weighted by atomic mass is 9.96. The third-order valence-electron chi connectivity index (χ3n) is 4.09. The molecule has 2 aliphatic rings. The number of urea groups is 1. The largest absolute Gasteiger partial charge is 0.325 e. The first-order valence-corrected chi connectivity index (χ1v) is 6.86. The molecule has 1 aliphatic carbocycles. The van der Waals surface area contributed by atoms with E-state index in [1.54, 1.807) is 20.0 Å². The number of aromatic nitrogens is 2. The monoisotopic (exact) mass is 291 g/mol. The number of carbonyl (C=O) groups is 3. The molecule has 1 aliphatic heterocycles. The molecule has 1 atom stereocenters. The van der Waals surface area contributed by atoms with Gasteiger partial charge in [-0.2, -0.15) is 5.10 Å². The average Bonchev–Trinajstić information content (AvgIpc) is 3.17. The van der Waals surface area contributed by atoms with Crippen LogP contribution in [-0.2, 0) is 9.59 Å². The van der Waals surface area contributed by atoms with Crippen molar-refractivity contribution in [2.45, 2.75) is 32.2 Å². The van der Waals surface area contributed by atoms with Gasteiger partial charge in [-0.25, -0.2) is 4.79 Å². The van der Waals surface area contributed by atoms with Crippen LogP contribution in [0, 0.1) is 12.8 Å². The van der Waals surface area contributed by atoms with E-state index in [2.05, 4.69) is 20.8 Å². The third-order valence-corrected chi connectivity index (χ3v) is 4.09. The molecule has 0 aromatic carbocycles. The number of nitrogens with zero attached hydrogens (tertiary/aromatic N) is 2. The number of aryl methyl sites for hydroxylation is 1. The van der Waals surface area contributed by atoms with Gasteiger partial charge in [-0.3, -0.25) is 19.6 Å². The van der Waals surface area contributed by atoms with Gasteiger partial charge in [0.05, 0.1) is 6.20 Å². The van der Waals surface area contributed by atoms with Crippen LogP contribution in [0.4, 0.5) is 10.6 Å². The number of amides is 4. The van der Waals surface area contributed by atoms with Crippen molar-refractivity contribution < 1.29 is 14.4 Å². The van der Waals surface area contributed by atoms with Crippen molar-refractivity contribution in [1.29, 1.82) is 0 Å². The fraction of sp³-hybridized carbons (Fsp3) is 0.538. The molecular formula is C13H17N5O3. The summed E-state index contributed by atoms with van der Waals surface area (Å²) in [5.74, 6) is -0.119. The van der Waals surface area contributed by atoms with Gasteiger partial charge in [-0.05, 0) is 32.6 Å². The molecule has 112 valence electrons. The molecule has 1 saturated heterocycles. The maximum absolute atomic E-state index is 12.4. The van der Waals surface area contributed by atoms with Crippen molar-refractivity contribution in [1.82, 2.24) is 20.4 Å². The molecular weight excluding hydrogens is 274 g/mol. The highest BCUT2D eigenvalue weighted by molar-refractivity contribution is 6.10. The van der Waals surface area contributed by atoms with Gasteiger partial charge in [-0.15, -0.1) is 0 Å². The lowest BCUT2D eigenvalue weighted by Gasteiger charge is -2.20. The number of rotatable bonds is 4. The van der Waals surface area contributed by atoms with Gasteiger partial charge in [0, 0.05) is 5.56 Å². The zero-order chi connectivity index (χ0) is 15.2. The lowest BCUT2D eigenvalue weighted by molar-refractivity contribution is -0.134. The maximum atomic E-state index is 12.4. The van der Waals surface area contributed by atoms with Gasteiger partial charge in [-0.1, -0.05) is 0 Å². The minimum Gasteiger partial charge on any atom is -0.323 e. The second-order valence-electron chi connectivity index (χ2n) is 5.77. The van der Waals surface area contributed by atoms with E-state index in [1.165, 1.54) is 0 Å². The predicted octanol–water partition coefficient (Wildman–Crippen LogP) is 0.377. The Labute approximate surface area is 121 Å². The molecule has 3 rings (SSSR count). The fourth-order valence-electron chi connectivity index (χ4n) is 2.59. The van der Waals surface area contributed by atoms with Gasteiger partial charge in [0.15, 0.2) is 0 Å². The van der Waals surface area contributed by atoms with Crippen molar-refractivity contribution in [3.05, 3.63) is 11.8 Å². The molecule has 8 nitrogen and oxygen atoms in total. The second kappa shape index (κ2) is 4.57. The number of carbonyl (C=O) groups excluding carboxylic acids is 3. The van der Waals surface area contributed by atoms with E-state index in [-0.39, 0.29) is 18.4 Å². The maximum Gasteiger partial charge on any atom is 0.325 e. The molecule has 4 amide bonds. The molecule has 1 unspecified atom stereocenters. The summed E-state index contributed by atoms with van der Waals surface area (Å²) in [6.07, 6.45) is 3.43. The number of aromatic amines is 1. The fourth-order valence-corrected chi connectivity index (χ4v) is 2.59. The molecule has 0 spiro atoms. The standard InChI is InChI=1S/C13H17N5O3/c1-7-5-14-17-10(7)15-9(19)6-18-11(20)13(2,8-3-4-8)16-12(18)21/h5,8H,3-4,6H2,1-2H3,(H,16,21)(H2,14,15,17,19). The molecule has 21 heavy (non-hydrogen) atoms. The Balaban J connectivity index is 1.67. The summed E-state index contributed by atoms with van der Waals surface area (Å²) in [5.41, 5.74) is -0.0790. The number of imide groups is 1. The lowest BCUT2D eigenvalue weighted by Crippen LogP contribution is -2.46. The van der Waals surface area contributed by atoms with Gasteiger partial charge in [0.1, 0.15) is 17.9 Å². The summed E-state index contributed by atoms with van der Waals surface area (Å²) in [7, 11) is 0. The number of hydrogen-bond donors (Lipinski definition) is 3. The van der Waals surface area contributed by atoms with Crippen LogP contribution >= 0.6 is 0 Å². The number of H-pyrrole nitrogens is 1. The van der Waals surface area contributed by atoms with Crippen LogP contribution in [0.1, 0.15) is 25.3 Å². The minimum absolute atomic E-state index is 0.178. The van der Waals surface area contributed by atoms with Crippen LogP contribution in [0.2, 0.25) is 0 Å². The second-order valence-corrected chi connectivity index (χ2v) is 5.77. The Hall–Kier alpha value is -2.38.